The summed E-state index contributed by atoms with van der Waals surface area (Å²) in [5.41, 5.74) is -1.68. The molecule has 0 unspecified atom stereocenters. The Morgan fingerprint density at radius 3 is 2.38 bits per heavy atom. The standard InChI is InChI=1S/C13H24O3/c1-6-16-11(14)12(4,5)13(15)7-10(8-13)9(2)3/h9-10,15H,6-8H2,1-5H3. The maximum Gasteiger partial charge on any atom is 0.314 e. The first-order chi connectivity index (χ1) is 7.24. The van der Waals surface area contributed by atoms with Gasteiger partial charge in [-0.2, -0.15) is 0 Å². The van der Waals surface area contributed by atoms with Crippen molar-refractivity contribution < 1.29 is 14.6 Å². The zero-order valence-corrected chi connectivity index (χ0v) is 11.0. The van der Waals surface area contributed by atoms with Crippen molar-refractivity contribution in [1.29, 1.82) is 0 Å². The van der Waals surface area contributed by atoms with Crippen LogP contribution in [0, 0.1) is 17.3 Å². The van der Waals surface area contributed by atoms with Crippen molar-refractivity contribution in [2.75, 3.05) is 6.61 Å². The lowest BCUT2D eigenvalue weighted by Crippen LogP contribution is -2.59. The van der Waals surface area contributed by atoms with E-state index >= 15 is 0 Å². The van der Waals surface area contributed by atoms with E-state index in [4.69, 9.17) is 4.74 Å². The van der Waals surface area contributed by atoms with Crippen LogP contribution in [0.5, 0.6) is 0 Å². The van der Waals surface area contributed by atoms with Crippen molar-refractivity contribution in [3.05, 3.63) is 0 Å². The fourth-order valence-electron chi connectivity index (χ4n) is 2.29. The Balaban J connectivity index is 2.67. The number of aliphatic hydroxyl groups is 1. The Labute approximate surface area is 98.2 Å². The van der Waals surface area contributed by atoms with Gasteiger partial charge in [-0.05, 0) is 45.4 Å². The second-order valence-corrected chi connectivity index (χ2v) is 5.79. The number of hydrogen-bond acceptors (Lipinski definition) is 3. The van der Waals surface area contributed by atoms with Crippen LogP contribution in [-0.2, 0) is 9.53 Å². The van der Waals surface area contributed by atoms with Crippen molar-refractivity contribution in [2.45, 2.75) is 53.1 Å². The summed E-state index contributed by atoms with van der Waals surface area (Å²) >= 11 is 0. The fourth-order valence-corrected chi connectivity index (χ4v) is 2.29. The molecule has 0 heterocycles. The average Bonchev–Trinajstić information content (AvgIpc) is 2.12. The van der Waals surface area contributed by atoms with Crippen LogP contribution < -0.4 is 0 Å². The van der Waals surface area contributed by atoms with E-state index in [9.17, 15) is 9.90 Å². The Hall–Kier alpha value is -0.570. The predicted octanol–water partition coefficient (Wildman–Crippen LogP) is 2.37. The summed E-state index contributed by atoms with van der Waals surface area (Å²) in [6.07, 6.45) is 1.41. The van der Waals surface area contributed by atoms with Crippen LogP contribution in [0.3, 0.4) is 0 Å². The second kappa shape index (κ2) is 4.36. The molecule has 1 aliphatic rings. The summed E-state index contributed by atoms with van der Waals surface area (Å²) in [5.74, 6) is 0.802. The minimum atomic E-state index is -0.881. The first-order valence-corrected chi connectivity index (χ1v) is 6.14. The first kappa shape index (κ1) is 13.5. The molecule has 1 N–H and O–H groups in total. The number of rotatable bonds is 4. The molecule has 0 saturated heterocycles. The van der Waals surface area contributed by atoms with E-state index < -0.39 is 11.0 Å². The van der Waals surface area contributed by atoms with Gasteiger partial charge in [-0.1, -0.05) is 13.8 Å². The van der Waals surface area contributed by atoms with Gasteiger partial charge in [-0.25, -0.2) is 0 Å². The highest BCUT2D eigenvalue weighted by atomic mass is 16.5. The molecule has 1 aliphatic carbocycles. The number of carbonyl (C=O) groups is 1. The molecule has 0 spiro atoms. The Kier molecular flexibility index (Phi) is 3.68. The van der Waals surface area contributed by atoms with Gasteiger partial charge in [0.2, 0.25) is 0 Å². The minimum Gasteiger partial charge on any atom is -0.465 e. The molecule has 3 heteroatoms. The molecule has 3 nitrogen and oxygen atoms in total. The number of ether oxygens (including phenoxy) is 1. The summed E-state index contributed by atoms with van der Waals surface area (Å²) in [5, 5.41) is 10.5. The topological polar surface area (TPSA) is 46.5 Å². The van der Waals surface area contributed by atoms with E-state index in [-0.39, 0.29) is 5.97 Å². The largest absolute Gasteiger partial charge is 0.465 e. The number of carbonyl (C=O) groups excluding carboxylic acids is 1. The molecule has 0 aliphatic heterocycles. The lowest BCUT2D eigenvalue weighted by Gasteiger charge is -2.53. The van der Waals surface area contributed by atoms with Crippen molar-refractivity contribution in [3.8, 4) is 0 Å². The van der Waals surface area contributed by atoms with Gasteiger partial charge >= 0.3 is 5.97 Å². The first-order valence-electron chi connectivity index (χ1n) is 6.14. The minimum absolute atomic E-state index is 0.292. The highest BCUT2D eigenvalue weighted by Gasteiger charge is 2.57. The molecule has 0 aromatic carbocycles. The van der Waals surface area contributed by atoms with E-state index in [1.165, 1.54) is 0 Å². The van der Waals surface area contributed by atoms with Crippen molar-refractivity contribution in [3.63, 3.8) is 0 Å². The van der Waals surface area contributed by atoms with Crippen LogP contribution in [0.4, 0.5) is 0 Å². The van der Waals surface area contributed by atoms with E-state index in [0.717, 1.165) is 0 Å². The lowest BCUT2D eigenvalue weighted by atomic mass is 9.56. The maximum absolute atomic E-state index is 11.8. The van der Waals surface area contributed by atoms with Crippen molar-refractivity contribution in [1.82, 2.24) is 0 Å². The summed E-state index contributed by atoms with van der Waals surface area (Å²) in [7, 11) is 0. The van der Waals surface area contributed by atoms with Crippen LogP contribution >= 0.6 is 0 Å². The molecule has 16 heavy (non-hydrogen) atoms. The van der Waals surface area contributed by atoms with Crippen molar-refractivity contribution >= 4 is 5.97 Å². The van der Waals surface area contributed by atoms with Gasteiger partial charge < -0.3 is 9.84 Å². The predicted molar refractivity (Wildman–Crippen MR) is 62.9 cm³/mol. The quantitative estimate of drug-likeness (QED) is 0.751. The molecule has 0 aromatic rings. The maximum atomic E-state index is 11.8. The van der Waals surface area contributed by atoms with Crippen LogP contribution in [0.15, 0.2) is 0 Å². The van der Waals surface area contributed by atoms with E-state index in [1.807, 2.05) is 0 Å². The van der Waals surface area contributed by atoms with E-state index in [2.05, 4.69) is 13.8 Å². The molecule has 0 atom stereocenters. The van der Waals surface area contributed by atoms with Gasteiger partial charge in [-0.3, -0.25) is 4.79 Å². The molecular formula is C13H24O3. The van der Waals surface area contributed by atoms with Crippen molar-refractivity contribution in [2.24, 2.45) is 17.3 Å². The molecule has 0 bridgehead atoms. The number of esters is 1. The Morgan fingerprint density at radius 1 is 1.50 bits per heavy atom. The molecule has 94 valence electrons. The van der Waals surface area contributed by atoms with Gasteiger partial charge in [0.1, 0.15) is 0 Å². The molecular weight excluding hydrogens is 204 g/mol. The zero-order chi connectivity index (χ0) is 12.6. The van der Waals surface area contributed by atoms with Gasteiger partial charge in [0.05, 0.1) is 17.6 Å². The van der Waals surface area contributed by atoms with Crippen LogP contribution in [0.2, 0.25) is 0 Å². The fraction of sp³-hybridized carbons (Fsp3) is 0.923. The molecule has 1 fully saturated rings. The third kappa shape index (κ3) is 2.10. The van der Waals surface area contributed by atoms with Crippen LogP contribution in [0.25, 0.3) is 0 Å². The molecule has 1 rings (SSSR count). The second-order valence-electron chi connectivity index (χ2n) is 5.79. The Bertz CT molecular complexity index is 262. The highest BCUT2D eigenvalue weighted by molar-refractivity contribution is 5.77. The van der Waals surface area contributed by atoms with Gasteiger partial charge in [-0.15, -0.1) is 0 Å². The SMILES string of the molecule is CCOC(=O)C(C)(C)C1(O)CC(C(C)C)C1. The Morgan fingerprint density at radius 2 is 2.00 bits per heavy atom. The number of hydrogen-bond donors (Lipinski definition) is 1. The average molecular weight is 228 g/mol. The lowest BCUT2D eigenvalue weighted by molar-refractivity contribution is -0.196. The van der Waals surface area contributed by atoms with Gasteiger partial charge in [0, 0.05) is 0 Å². The van der Waals surface area contributed by atoms with E-state index in [1.54, 1.807) is 20.8 Å². The molecule has 1 saturated carbocycles. The van der Waals surface area contributed by atoms with Crippen LogP contribution in [-0.4, -0.2) is 23.3 Å². The molecule has 0 radical (unpaired) electrons. The monoisotopic (exact) mass is 228 g/mol. The third-order valence-electron chi connectivity index (χ3n) is 4.09. The normalized spacial score (nSPS) is 30.1. The van der Waals surface area contributed by atoms with Gasteiger partial charge in [0.15, 0.2) is 0 Å². The van der Waals surface area contributed by atoms with Crippen LogP contribution in [0.1, 0.15) is 47.5 Å². The summed E-state index contributed by atoms with van der Waals surface area (Å²) in [4.78, 5) is 11.8. The molecule has 0 amide bonds. The van der Waals surface area contributed by atoms with E-state index in [0.29, 0.717) is 31.3 Å². The molecule has 0 aromatic heterocycles. The zero-order valence-electron chi connectivity index (χ0n) is 11.0. The third-order valence-corrected chi connectivity index (χ3v) is 4.09. The summed E-state index contributed by atoms with van der Waals surface area (Å²) in [6, 6.07) is 0. The summed E-state index contributed by atoms with van der Waals surface area (Å²) in [6.45, 7) is 10.0. The highest BCUT2D eigenvalue weighted by Crippen LogP contribution is 2.52. The summed E-state index contributed by atoms with van der Waals surface area (Å²) < 4.78 is 5.03. The van der Waals surface area contributed by atoms with Gasteiger partial charge in [0.25, 0.3) is 0 Å². The smallest absolute Gasteiger partial charge is 0.314 e.